The van der Waals surface area contributed by atoms with Crippen LogP contribution in [0, 0.1) is 44.4 Å². The lowest BCUT2D eigenvalue weighted by Gasteiger charge is -2.34. The van der Waals surface area contributed by atoms with Crippen molar-refractivity contribution in [3.63, 3.8) is 0 Å². The molecule has 0 spiro atoms. The molecule has 0 fully saturated rings. The molecule has 0 heteroatoms. The van der Waals surface area contributed by atoms with Gasteiger partial charge in [-0.2, -0.15) is 0 Å². The summed E-state index contributed by atoms with van der Waals surface area (Å²) in [5.41, 5.74) is 6.41. The second-order valence-electron chi connectivity index (χ2n) is 15.2. The lowest BCUT2D eigenvalue weighted by Crippen LogP contribution is -2.25. The van der Waals surface area contributed by atoms with E-state index >= 15 is 0 Å². The largest absolute Gasteiger partial charge is 0.0776 e. The van der Waals surface area contributed by atoms with Gasteiger partial charge in [0.2, 0.25) is 0 Å². The number of aryl methyl sites for hydroxylation is 4. The molecule has 0 saturated carbocycles. The van der Waals surface area contributed by atoms with E-state index in [2.05, 4.69) is 190 Å². The minimum atomic E-state index is 0. The molecule has 0 amide bonds. The maximum atomic E-state index is 2.28. The quantitative estimate of drug-likeness (QED) is 0.187. The zero-order valence-electron chi connectivity index (χ0n) is 34.5. The fourth-order valence-corrected chi connectivity index (χ4v) is 3.80. The molecular weight excluding hydrogens is 577 g/mol. The number of hydrogen-bond donors (Lipinski definition) is 0. The smallest absolute Gasteiger partial charge is 0.0103 e. The van der Waals surface area contributed by atoms with Gasteiger partial charge in [0.05, 0.1) is 0 Å². The van der Waals surface area contributed by atoms with Crippen LogP contribution in [0.15, 0.2) is 72.8 Å². The van der Waals surface area contributed by atoms with Gasteiger partial charge >= 0.3 is 0 Å². The standard InChI is InChI=1S/C16H14.C8H10.C8H18.C6H14.C5H12.C4H10.CH4/c1-11-12(2)14-8-4-6-10-16(14)15-9-5-3-7-13(11)15;1-7-5-3-4-6-8(7)2;1-7(2,3)8(4,5)6;1-4-6(3)5-2;1-3-5-4-2;1-3-4-2;/h3-10H,1-2H3;3-6H,1-2H3;1-6H3;6H,4-5H2,1-3H3;3-5H2,1-2H3;3-4H2,1-2H3;1H4. The summed E-state index contributed by atoms with van der Waals surface area (Å²) in [6.07, 6.45) is 9.38. The summed E-state index contributed by atoms with van der Waals surface area (Å²) in [5.74, 6) is 0.935. The topological polar surface area (TPSA) is 0 Å². The zero-order valence-corrected chi connectivity index (χ0v) is 34.5. The van der Waals surface area contributed by atoms with Crippen LogP contribution in [0.1, 0.15) is 165 Å². The van der Waals surface area contributed by atoms with Crippen molar-refractivity contribution in [1.29, 1.82) is 0 Å². The molecule has 0 aliphatic rings. The molecule has 4 aromatic rings. The zero-order chi connectivity index (χ0) is 36.6. The Labute approximate surface area is 302 Å². The van der Waals surface area contributed by atoms with Gasteiger partial charge in [-0.1, -0.05) is 215 Å². The van der Waals surface area contributed by atoms with Gasteiger partial charge in [0.1, 0.15) is 0 Å². The summed E-state index contributed by atoms with van der Waals surface area (Å²) in [6.45, 7) is 37.8. The third-order valence-electron chi connectivity index (χ3n) is 9.79. The molecule has 0 atom stereocenters. The molecule has 0 bridgehead atoms. The Bertz CT molecular complexity index is 1220. The molecular formula is C48H82. The van der Waals surface area contributed by atoms with E-state index in [1.807, 2.05) is 0 Å². The summed E-state index contributed by atoms with van der Waals surface area (Å²) >= 11 is 0. The van der Waals surface area contributed by atoms with E-state index in [4.69, 9.17) is 0 Å². The van der Waals surface area contributed by atoms with Gasteiger partial charge in [-0.05, 0) is 88.2 Å². The second kappa shape index (κ2) is 27.2. The highest BCUT2D eigenvalue weighted by molar-refractivity contribution is 6.10. The molecule has 0 aliphatic heterocycles. The van der Waals surface area contributed by atoms with Crippen molar-refractivity contribution in [1.82, 2.24) is 0 Å². The number of rotatable bonds is 5. The van der Waals surface area contributed by atoms with Gasteiger partial charge in [0.25, 0.3) is 0 Å². The normalized spacial score (nSPS) is 10.4. The second-order valence-corrected chi connectivity index (χ2v) is 15.2. The van der Waals surface area contributed by atoms with Crippen LogP contribution in [0.5, 0.6) is 0 Å². The Kier molecular flexibility index (Phi) is 28.3. The Hall–Kier alpha value is -2.60. The molecule has 0 saturated heterocycles. The number of hydrogen-bond acceptors (Lipinski definition) is 0. The molecule has 4 rings (SSSR count). The number of benzene rings is 4. The summed E-state index contributed by atoms with van der Waals surface area (Å²) in [4.78, 5) is 0. The highest BCUT2D eigenvalue weighted by Gasteiger charge is 2.26. The van der Waals surface area contributed by atoms with Crippen LogP contribution in [0.25, 0.3) is 21.5 Å². The van der Waals surface area contributed by atoms with E-state index in [9.17, 15) is 0 Å². The van der Waals surface area contributed by atoms with Gasteiger partial charge in [0.15, 0.2) is 0 Å². The van der Waals surface area contributed by atoms with Crippen LogP contribution in [-0.4, -0.2) is 0 Å². The molecule has 0 unspecified atom stereocenters. The number of fused-ring (bicyclic) bond motifs is 3. The first-order chi connectivity index (χ1) is 22.0. The van der Waals surface area contributed by atoms with Crippen molar-refractivity contribution in [3.8, 4) is 0 Å². The monoisotopic (exact) mass is 659 g/mol. The van der Waals surface area contributed by atoms with E-state index in [1.54, 1.807) is 0 Å². The third kappa shape index (κ3) is 20.0. The van der Waals surface area contributed by atoms with Crippen LogP contribution >= 0.6 is 0 Å². The maximum absolute atomic E-state index is 2.28. The Morgan fingerprint density at radius 2 is 0.708 bits per heavy atom. The molecule has 0 aromatic heterocycles. The van der Waals surface area contributed by atoms with Crippen molar-refractivity contribution in [3.05, 3.63) is 95.1 Å². The van der Waals surface area contributed by atoms with Crippen LogP contribution in [-0.2, 0) is 0 Å². The Morgan fingerprint density at radius 1 is 0.438 bits per heavy atom. The van der Waals surface area contributed by atoms with Crippen molar-refractivity contribution in [2.24, 2.45) is 16.7 Å². The highest BCUT2D eigenvalue weighted by Crippen LogP contribution is 2.36. The molecule has 0 heterocycles. The fraction of sp³-hybridized carbons (Fsp3) is 0.583. The third-order valence-corrected chi connectivity index (χ3v) is 9.79. The van der Waals surface area contributed by atoms with Crippen LogP contribution in [0.2, 0.25) is 0 Å². The molecule has 274 valence electrons. The van der Waals surface area contributed by atoms with E-state index in [0.717, 1.165) is 5.92 Å². The van der Waals surface area contributed by atoms with Gasteiger partial charge in [0, 0.05) is 0 Å². The van der Waals surface area contributed by atoms with Gasteiger partial charge in [-0.3, -0.25) is 0 Å². The SMILES string of the molecule is C.CC(C)(C)C(C)(C)C.CCC(C)CC.CCCC.CCCCC.Cc1c(C)c2ccccc2c2ccccc12.Cc1ccccc1C. The highest BCUT2D eigenvalue weighted by atomic mass is 14.3. The maximum Gasteiger partial charge on any atom is -0.0103 e. The van der Waals surface area contributed by atoms with E-state index in [-0.39, 0.29) is 7.43 Å². The first-order valence-corrected chi connectivity index (χ1v) is 18.9. The summed E-state index contributed by atoms with van der Waals surface area (Å²) in [6, 6.07) is 25.7. The molecule has 0 aliphatic carbocycles. The predicted molar refractivity (Wildman–Crippen MR) is 228 cm³/mol. The van der Waals surface area contributed by atoms with Crippen molar-refractivity contribution in [2.75, 3.05) is 0 Å². The lowest BCUT2D eigenvalue weighted by molar-refractivity contribution is 0.157. The summed E-state index contributed by atoms with van der Waals surface area (Å²) in [5, 5.41) is 5.47. The average molecular weight is 659 g/mol. The van der Waals surface area contributed by atoms with Crippen LogP contribution < -0.4 is 0 Å². The van der Waals surface area contributed by atoms with Gasteiger partial charge in [-0.25, -0.2) is 0 Å². The van der Waals surface area contributed by atoms with E-state index < -0.39 is 0 Å². The predicted octanol–water partition coefficient (Wildman–Crippen LogP) is 17.1. The fourth-order valence-electron chi connectivity index (χ4n) is 3.80. The molecule has 48 heavy (non-hydrogen) atoms. The molecule has 0 radical (unpaired) electrons. The molecule has 0 nitrogen and oxygen atoms in total. The van der Waals surface area contributed by atoms with Crippen molar-refractivity contribution in [2.45, 2.75) is 170 Å². The van der Waals surface area contributed by atoms with Gasteiger partial charge in [-0.15, -0.1) is 0 Å². The minimum absolute atomic E-state index is 0. The first-order valence-electron chi connectivity index (χ1n) is 18.9. The summed E-state index contributed by atoms with van der Waals surface area (Å²) < 4.78 is 0. The number of unbranched alkanes of at least 4 members (excludes halogenated alkanes) is 3. The summed E-state index contributed by atoms with van der Waals surface area (Å²) in [7, 11) is 0. The average Bonchev–Trinajstić information content (AvgIpc) is 3.05. The van der Waals surface area contributed by atoms with Crippen molar-refractivity contribution < 1.29 is 0 Å². The van der Waals surface area contributed by atoms with Crippen LogP contribution in [0.3, 0.4) is 0 Å². The van der Waals surface area contributed by atoms with E-state index in [0.29, 0.717) is 10.8 Å². The Morgan fingerprint density at radius 3 is 0.875 bits per heavy atom. The van der Waals surface area contributed by atoms with Crippen molar-refractivity contribution >= 4 is 21.5 Å². The molecule has 4 aromatic carbocycles. The van der Waals surface area contributed by atoms with E-state index in [1.165, 1.54) is 88.7 Å². The minimum Gasteiger partial charge on any atom is -0.0776 e. The Balaban J connectivity index is -0.000000548. The lowest BCUT2D eigenvalue weighted by atomic mass is 9.71. The van der Waals surface area contributed by atoms with Crippen LogP contribution in [0.4, 0.5) is 0 Å². The molecule has 0 N–H and O–H groups in total. The first kappa shape index (κ1) is 49.8. The van der Waals surface area contributed by atoms with Gasteiger partial charge < -0.3 is 0 Å².